The Labute approximate surface area is 182 Å². The molecule has 2 aromatic heterocycles. The average Bonchev–Trinajstić information content (AvgIpc) is 3.11. The van der Waals surface area contributed by atoms with E-state index in [1.54, 1.807) is 12.1 Å². The van der Waals surface area contributed by atoms with Gasteiger partial charge in [-0.1, -0.05) is 11.3 Å². The summed E-state index contributed by atoms with van der Waals surface area (Å²) >= 11 is 1.05. The van der Waals surface area contributed by atoms with Gasteiger partial charge in [0.15, 0.2) is 11.4 Å². The van der Waals surface area contributed by atoms with E-state index in [1.165, 1.54) is 18.6 Å². The van der Waals surface area contributed by atoms with Gasteiger partial charge in [0.25, 0.3) is 0 Å². The van der Waals surface area contributed by atoms with Crippen LogP contribution in [0.4, 0.5) is 5.13 Å². The number of anilines is 1. The molecule has 0 aliphatic carbocycles. The Morgan fingerprint density at radius 1 is 1.19 bits per heavy atom. The van der Waals surface area contributed by atoms with Gasteiger partial charge in [-0.05, 0) is 12.1 Å². The van der Waals surface area contributed by atoms with Gasteiger partial charge < -0.3 is 30.5 Å². The SMILES string of the molecule is O=C(c1ccncc1)c1cnc(N[C@H]2OC(CO)[C@@H](O)[C@H](O)C2O)s1.[Ar]. The summed E-state index contributed by atoms with van der Waals surface area (Å²) in [5, 5.41) is 41.8. The molecule has 1 fully saturated rings. The first-order chi connectivity index (χ1) is 12.0. The molecule has 1 aliphatic rings. The number of hydrogen-bond acceptors (Lipinski definition) is 10. The number of thiazole rings is 1. The second-order valence-corrected chi connectivity index (χ2v) is 6.52. The van der Waals surface area contributed by atoms with Gasteiger partial charge in [0.2, 0.25) is 5.78 Å². The number of carbonyl (C=O) groups is 1. The van der Waals surface area contributed by atoms with E-state index >= 15 is 0 Å². The van der Waals surface area contributed by atoms with Crippen molar-refractivity contribution in [1.82, 2.24) is 9.97 Å². The molecule has 5 N–H and O–H groups in total. The van der Waals surface area contributed by atoms with E-state index in [-0.39, 0.29) is 43.5 Å². The molecule has 3 rings (SSSR count). The predicted octanol–water partition coefficient (Wildman–Crippen LogP) is -1.02. The largest absolute Gasteiger partial charge is 0.394 e. The topological polar surface area (TPSA) is 145 Å². The van der Waals surface area contributed by atoms with Crippen molar-refractivity contribution in [3.63, 3.8) is 0 Å². The molecule has 0 bridgehead atoms. The molecule has 5 atom stereocenters. The maximum Gasteiger partial charge on any atom is 0.204 e. The molecule has 0 aromatic carbocycles. The van der Waals surface area contributed by atoms with E-state index in [4.69, 9.17) is 4.74 Å². The maximum atomic E-state index is 12.3. The summed E-state index contributed by atoms with van der Waals surface area (Å²) in [6, 6.07) is 3.18. The number of nitrogens with zero attached hydrogens (tertiary/aromatic N) is 2. The Hall–Kier alpha value is -0.690. The van der Waals surface area contributed by atoms with E-state index in [9.17, 15) is 25.2 Å². The van der Waals surface area contributed by atoms with E-state index in [1.807, 2.05) is 0 Å². The molecule has 142 valence electrons. The Morgan fingerprint density at radius 3 is 2.54 bits per heavy atom. The van der Waals surface area contributed by atoms with Crippen LogP contribution in [0.3, 0.4) is 0 Å². The van der Waals surface area contributed by atoms with Crippen LogP contribution in [0.5, 0.6) is 0 Å². The quantitative estimate of drug-likeness (QED) is 0.393. The molecule has 3 heterocycles. The number of carbonyl (C=O) groups excluding carboxylic acids is 1. The Kier molecular flexibility index (Phi) is 7.89. The van der Waals surface area contributed by atoms with Gasteiger partial charge in [-0.15, -0.1) is 0 Å². The molecule has 2 aromatic rings. The molecule has 1 aliphatic heterocycles. The third-order valence-corrected chi connectivity index (χ3v) is 4.76. The van der Waals surface area contributed by atoms with Crippen LogP contribution in [-0.2, 0) is 4.74 Å². The van der Waals surface area contributed by atoms with Crippen LogP contribution in [-0.4, -0.2) is 73.4 Å². The normalized spacial score (nSPS) is 28.2. The third-order valence-electron chi connectivity index (χ3n) is 3.83. The molecule has 11 heteroatoms. The number of aliphatic hydroxyl groups is 4. The summed E-state index contributed by atoms with van der Waals surface area (Å²) < 4.78 is 5.34. The van der Waals surface area contributed by atoms with Crippen molar-refractivity contribution in [2.75, 3.05) is 11.9 Å². The van der Waals surface area contributed by atoms with Crippen molar-refractivity contribution < 1.29 is 67.7 Å². The van der Waals surface area contributed by atoms with Crippen molar-refractivity contribution in [2.24, 2.45) is 0 Å². The molecule has 26 heavy (non-hydrogen) atoms. The average molecular weight is 407 g/mol. The number of ether oxygens (including phenoxy) is 1. The van der Waals surface area contributed by atoms with E-state index in [2.05, 4.69) is 15.3 Å². The fourth-order valence-electron chi connectivity index (χ4n) is 2.43. The summed E-state index contributed by atoms with van der Waals surface area (Å²) in [5.41, 5.74) is 0.470. The second kappa shape index (κ2) is 9.49. The number of pyridine rings is 1. The zero-order valence-electron chi connectivity index (χ0n) is 13.2. The molecule has 1 saturated heterocycles. The van der Waals surface area contributed by atoms with E-state index in [0.717, 1.165) is 11.3 Å². The number of nitrogens with one attached hydrogen (secondary N) is 1. The summed E-state index contributed by atoms with van der Waals surface area (Å²) in [4.78, 5) is 20.6. The van der Waals surface area contributed by atoms with Crippen LogP contribution in [0.2, 0.25) is 0 Å². The molecular formula is C15H17ArN3O6S. The minimum absolute atomic E-state index is 0. The number of aliphatic hydroxyl groups excluding tert-OH is 4. The standard InChI is InChI=1S/C15H17N3O6S.Ar/c19-6-8-11(21)12(22)13(23)14(24-8)18-15-17-5-9(25-15)10(20)7-1-3-16-4-2-7;/h1-5,8,11-14,19,21-23H,6H2,(H,17,18);/t8?,11-,12+,13?,14+;/m1./s1. The Morgan fingerprint density at radius 2 is 1.88 bits per heavy atom. The first-order valence-electron chi connectivity index (χ1n) is 7.49. The van der Waals surface area contributed by atoms with Gasteiger partial charge in [-0.3, -0.25) is 9.78 Å². The molecular weight excluding hydrogens is 390 g/mol. The Bertz CT molecular complexity index is 731. The van der Waals surface area contributed by atoms with Crippen LogP contribution in [0.1, 0.15) is 15.2 Å². The number of hydrogen-bond donors (Lipinski definition) is 5. The zero-order valence-corrected chi connectivity index (χ0v) is 14.8. The fraction of sp³-hybridized carbons (Fsp3) is 0.400. The van der Waals surface area contributed by atoms with Gasteiger partial charge in [0.05, 0.1) is 17.7 Å². The maximum absolute atomic E-state index is 12.3. The van der Waals surface area contributed by atoms with Gasteiger partial charge in [0, 0.05) is 55.7 Å². The molecule has 0 saturated carbocycles. The van der Waals surface area contributed by atoms with Crippen molar-refractivity contribution in [3.05, 3.63) is 41.2 Å². The molecule has 0 spiro atoms. The predicted molar refractivity (Wildman–Crippen MR) is 87.2 cm³/mol. The molecule has 2 unspecified atom stereocenters. The van der Waals surface area contributed by atoms with Crippen molar-refractivity contribution in [1.29, 1.82) is 0 Å². The van der Waals surface area contributed by atoms with E-state index < -0.39 is 37.3 Å². The van der Waals surface area contributed by atoms with Crippen LogP contribution in [0, 0.1) is 37.7 Å². The summed E-state index contributed by atoms with van der Waals surface area (Å²) in [7, 11) is 0. The minimum atomic E-state index is -1.48. The first-order valence-corrected chi connectivity index (χ1v) is 8.30. The third kappa shape index (κ3) is 4.58. The summed E-state index contributed by atoms with van der Waals surface area (Å²) in [6.45, 7) is -0.521. The van der Waals surface area contributed by atoms with Crippen LogP contribution < -0.4 is 5.32 Å². The number of rotatable bonds is 5. The number of aromatic nitrogens is 2. The molecule has 0 radical (unpaired) electrons. The van der Waals surface area contributed by atoms with Crippen molar-refractivity contribution >= 4 is 22.3 Å². The monoisotopic (exact) mass is 407 g/mol. The second-order valence-electron chi connectivity index (χ2n) is 5.49. The zero-order chi connectivity index (χ0) is 18.0. The van der Waals surface area contributed by atoms with E-state index in [0.29, 0.717) is 15.6 Å². The number of ketones is 1. The molecule has 9 nitrogen and oxygen atoms in total. The van der Waals surface area contributed by atoms with Gasteiger partial charge >= 0.3 is 0 Å². The molecule has 0 amide bonds. The van der Waals surface area contributed by atoms with Crippen LogP contribution in [0.15, 0.2) is 30.7 Å². The van der Waals surface area contributed by atoms with Crippen molar-refractivity contribution in [3.8, 4) is 0 Å². The minimum Gasteiger partial charge on any atom is -0.394 e. The van der Waals surface area contributed by atoms with Crippen molar-refractivity contribution in [2.45, 2.75) is 30.6 Å². The van der Waals surface area contributed by atoms with Gasteiger partial charge in [-0.25, -0.2) is 4.98 Å². The van der Waals surface area contributed by atoms with Gasteiger partial charge in [-0.2, -0.15) is 0 Å². The summed E-state index contributed by atoms with van der Waals surface area (Å²) in [5.74, 6) is -0.221. The first kappa shape index (κ1) is 21.6. The van der Waals surface area contributed by atoms with Gasteiger partial charge in [0.1, 0.15) is 24.4 Å². The van der Waals surface area contributed by atoms with Crippen LogP contribution >= 0.6 is 11.3 Å². The smallest absolute Gasteiger partial charge is 0.204 e. The fourth-order valence-corrected chi connectivity index (χ4v) is 3.24. The Balaban J connectivity index is 0.00000243. The summed E-state index contributed by atoms with van der Waals surface area (Å²) in [6.07, 6.45) is -2.04. The van der Waals surface area contributed by atoms with Crippen LogP contribution in [0.25, 0.3) is 0 Å².